The van der Waals surface area contributed by atoms with Gasteiger partial charge < -0.3 is 14.2 Å². The molecule has 0 atom stereocenters. The van der Waals surface area contributed by atoms with E-state index in [-0.39, 0.29) is 0 Å². The minimum atomic E-state index is -0.920. The van der Waals surface area contributed by atoms with Crippen LogP contribution in [-0.2, 0) is 15.3 Å². The van der Waals surface area contributed by atoms with E-state index < -0.39 is 5.79 Å². The molecule has 25 heavy (non-hydrogen) atoms. The number of rotatable bonds is 4. The van der Waals surface area contributed by atoms with E-state index in [0.717, 1.165) is 22.6 Å². The van der Waals surface area contributed by atoms with Gasteiger partial charge in [-0.05, 0) is 48.5 Å². The van der Waals surface area contributed by atoms with Gasteiger partial charge in [0.25, 0.3) is 0 Å². The first-order chi connectivity index (χ1) is 12.3. The van der Waals surface area contributed by atoms with Gasteiger partial charge in [-0.3, -0.25) is 0 Å². The summed E-state index contributed by atoms with van der Waals surface area (Å²) >= 11 is 6.16. The standard InChI is InChI=1S/C21H17ClO3/c22-18-6-4-5-17(15-18)21(23-13-14-24-21)16-9-11-20(12-10-16)25-19-7-2-1-3-8-19/h1-12,15H,13-14H2. The summed E-state index contributed by atoms with van der Waals surface area (Å²) in [6.45, 7) is 1.07. The minimum absolute atomic E-state index is 0.536. The molecule has 0 saturated carbocycles. The van der Waals surface area contributed by atoms with E-state index in [1.54, 1.807) is 0 Å². The topological polar surface area (TPSA) is 27.7 Å². The van der Waals surface area contributed by atoms with E-state index in [1.165, 1.54) is 0 Å². The Labute approximate surface area is 151 Å². The van der Waals surface area contributed by atoms with E-state index in [0.29, 0.717) is 18.2 Å². The van der Waals surface area contributed by atoms with Crippen LogP contribution in [-0.4, -0.2) is 13.2 Å². The second kappa shape index (κ2) is 6.89. The summed E-state index contributed by atoms with van der Waals surface area (Å²) in [6.07, 6.45) is 0. The Morgan fingerprint density at radius 3 is 2.08 bits per heavy atom. The first kappa shape index (κ1) is 16.2. The van der Waals surface area contributed by atoms with Crippen molar-refractivity contribution in [2.75, 3.05) is 13.2 Å². The quantitative estimate of drug-likeness (QED) is 0.631. The van der Waals surface area contributed by atoms with Crippen LogP contribution < -0.4 is 4.74 Å². The summed E-state index contributed by atoms with van der Waals surface area (Å²) in [5.74, 6) is 0.637. The molecule has 3 nitrogen and oxygen atoms in total. The Bertz CT molecular complexity index is 841. The number of ether oxygens (including phenoxy) is 3. The lowest BCUT2D eigenvalue weighted by Crippen LogP contribution is -2.28. The van der Waals surface area contributed by atoms with Gasteiger partial charge in [-0.15, -0.1) is 0 Å². The van der Waals surface area contributed by atoms with E-state index in [4.69, 9.17) is 25.8 Å². The Morgan fingerprint density at radius 2 is 1.40 bits per heavy atom. The number of hydrogen-bond donors (Lipinski definition) is 0. The first-order valence-corrected chi connectivity index (χ1v) is 8.51. The molecule has 0 spiro atoms. The van der Waals surface area contributed by atoms with Crippen molar-refractivity contribution in [3.63, 3.8) is 0 Å². The summed E-state index contributed by atoms with van der Waals surface area (Å²) in [4.78, 5) is 0. The van der Waals surface area contributed by atoms with Crippen LogP contribution in [0.2, 0.25) is 5.02 Å². The van der Waals surface area contributed by atoms with Gasteiger partial charge >= 0.3 is 0 Å². The highest BCUT2D eigenvalue weighted by Crippen LogP contribution is 2.39. The average Bonchev–Trinajstić information content (AvgIpc) is 3.14. The van der Waals surface area contributed by atoms with Crippen molar-refractivity contribution in [1.82, 2.24) is 0 Å². The van der Waals surface area contributed by atoms with Gasteiger partial charge in [0, 0.05) is 16.1 Å². The monoisotopic (exact) mass is 352 g/mol. The van der Waals surface area contributed by atoms with Crippen molar-refractivity contribution < 1.29 is 14.2 Å². The zero-order valence-electron chi connectivity index (χ0n) is 13.5. The second-order valence-corrected chi connectivity index (χ2v) is 6.20. The third kappa shape index (κ3) is 3.27. The molecule has 1 saturated heterocycles. The molecular formula is C21H17ClO3. The summed E-state index contributed by atoms with van der Waals surface area (Å²) in [6, 6.07) is 25.0. The molecule has 4 rings (SSSR count). The summed E-state index contributed by atoms with van der Waals surface area (Å²) in [7, 11) is 0. The fraction of sp³-hybridized carbons (Fsp3) is 0.143. The van der Waals surface area contributed by atoms with Crippen LogP contribution >= 0.6 is 11.6 Å². The zero-order valence-corrected chi connectivity index (χ0v) is 14.3. The lowest BCUT2D eigenvalue weighted by Gasteiger charge is -2.28. The molecule has 1 aliphatic heterocycles. The second-order valence-electron chi connectivity index (χ2n) is 5.76. The van der Waals surface area contributed by atoms with Crippen molar-refractivity contribution >= 4 is 11.6 Å². The minimum Gasteiger partial charge on any atom is -0.457 e. The molecule has 0 amide bonds. The van der Waals surface area contributed by atoms with Crippen LogP contribution in [0, 0.1) is 0 Å². The highest BCUT2D eigenvalue weighted by atomic mass is 35.5. The molecule has 0 aliphatic carbocycles. The van der Waals surface area contributed by atoms with Crippen LogP contribution in [0.4, 0.5) is 0 Å². The van der Waals surface area contributed by atoms with Crippen molar-refractivity contribution in [3.05, 3.63) is 95.0 Å². The van der Waals surface area contributed by atoms with E-state index in [9.17, 15) is 0 Å². The van der Waals surface area contributed by atoms with Crippen LogP contribution in [0.25, 0.3) is 0 Å². The smallest absolute Gasteiger partial charge is 0.222 e. The molecule has 0 unspecified atom stereocenters. The highest BCUT2D eigenvalue weighted by molar-refractivity contribution is 6.30. The third-order valence-electron chi connectivity index (χ3n) is 4.11. The maximum Gasteiger partial charge on any atom is 0.222 e. The lowest BCUT2D eigenvalue weighted by atomic mass is 9.97. The van der Waals surface area contributed by atoms with Crippen molar-refractivity contribution in [3.8, 4) is 11.5 Å². The molecule has 0 radical (unpaired) electrons. The highest BCUT2D eigenvalue weighted by Gasteiger charge is 2.40. The van der Waals surface area contributed by atoms with Gasteiger partial charge in [0.05, 0.1) is 13.2 Å². The molecule has 0 bridgehead atoms. The van der Waals surface area contributed by atoms with Gasteiger partial charge in [-0.1, -0.05) is 41.9 Å². The predicted molar refractivity (Wildman–Crippen MR) is 97.1 cm³/mol. The zero-order chi connectivity index (χ0) is 17.1. The maximum absolute atomic E-state index is 6.16. The molecule has 3 aromatic rings. The molecule has 0 N–H and O–H groups in total. The molecule has 1 fully saturated rings. The normalized spacial score (nSPS) is 15.9. The molecule has 3 aromatic carbocycles. The Balaban J connectivity index is 1.65. The largest absolute Gasteiger partial charge is 0.457 e. The van der Waals surface area contributed by atoms with Crippen LogP contribution in [0.5, 0.6) is 11.5 Å². The number of benzene rings is 3. The Kier molecular flexibility index (Phi) is 4.45. The lowest BCUT2D eigenvalue weighted by molar-refractivity contribution is -0.129. The number of para-hydroxylation sites is 1. The van der Waals surface area contributed by atoms with Gasteiger partial charge in [-0.25, -0.2) is 0 Å². The number of halogens is 1. The average molecular weight is 353 g/mol. The number of hydrogen-bond acceptors (Lipinski definition) is 3. The molecule has 126 valence electrons. The fourth-order valence-corrected chi connectivity index (χ4v) is 3.16. The summed E-state index contributed by atoms with van der Waals surface area (Å²) < 4.78 is 17.9. The fourth-order valence-electron chi connectivity index (χ4n) is 2.97. The van der Waals surface area contributed by atoms with Crippen molar-refractivity contribution in [1.29, 1.82) is 0 Å². The van der Waals surface area contributed by atoms with Gasteiger partial charge in [0.2, 0.25) is 5.79 Å². The van der Waals surface area contributed by atoms with Crippen molar-refractivity contribution in [2.45, 2.75) is 5.79 Å². The predicted octanol–water partition coefficient (Wildman–Crippen LogP) is 5.38. The van der Waals surface area contributed by atoms with Crippen molar-refractivity contribution in [2.24, 2.45) is 0 Å². The maximum atomic E-state index is 6.16. The van der Waals surface area contributed by atoms with Gasteiger partial charge in [-0.2, -0.15) is 0 Å². The van der Waals surface area contributed by atoms with Gasteiger partial charge in [0.1, 0.15) is 11.5 Å². The molecule has 1 aliphatic rings. The first-order valence-electron chi connectivity index (χ1n) is 8.14. The SMILES string of the molecule is Clc1cccc(C2(c3ccc(Oc4ccccc4)cc3)OCCO2)c1. The summed E-state index contributed by atoms with van der Waals surface area (Å²) in [5.41, 5.74) is 1.79. The summed E-state index contributed by atoms with van der Waals surface area (Å²) in [5, 5.41) is 0.653. The van der Waals surface area contributed by atoms with E-state index >= 15 is 0 Å². The Hall–Kier alpha value is -2.33. The molecule has 0 aromatic heterocycles. The van der Waals surface area contributed by atoms with Crippen LogP contribution in [0.1, 0.15) is 11.1 Å². The van der Waals surface area contributed by atoms with Crippen LogP contribution in [0.15, 0.2) is 78.9 Å². The van der Waals surface area contributed by atoms with E-state index in [1.807, 2.05) is 78.9 Å². The molecule has 1 heterocycles. The Morgan fingerprint density at radius 1 is 0.720 bits per heavy atom. The molecular weight excluding hydrogens is 336 g/mol. The van der Waals surface area contributed by atoms with Gasteiger partial charge in [0.15, 0.2) is 0 Å². The van der Waals surface area contributed by atoms with Crippen LogP contribution in [0.3, 0.4) is 0 Å². The third-order valence-corrected chi connectivity index (χ3v) is 4.35. The molecule has 4 heteroatoms. The van der Waals surface area contributed by atoms with E-state index in [2.05, 4.69) is 0 Å².